The molecule has 4 rings (SSSR count). The van der Waals surface area contributed by atoms with Gasteiger partial charge in [-0.15, -0.1) is 11.8 Å². The van der Waals surface area contributed by atoms with Crippen molar-refractivity contribution in [2.75, 3.05) is 12.3 Å². The largest absolute Gasteiger partial charge is 0.472 e. The molecule has 0 radical (unpaired) electrons. The van der Waals surface area contributed by atoms with Crippen molar-refractivity contribution in [3.8, 4) is 0 Å². The maximum Gasteiger partial charge on any atom is 0.291 e. The number of aromatic nitrogens is 1. The van der Waals surface area contributed by atoms with Crippen LogP contribution in [0.3, 0.4) is 0 Å². The van der Waals surface area contributed by atoms with Crippen molar-refractivity contribution >= 4 is 23.6 Å². The van der Waals surface area contributed by atoms with Crippen LogP contribution in [0.4, 0.5) is 0 Å². The average Bonchev–Trinajstić information content (AvgIpc) is 3.49. The molecule has 8 heteroatoms. The van der Waals surface area contributed by atoms with Gasteiger partial charge in [0.2, 0.25) is 5.91 Å². The molecule has 0 aliphatic carbocycles. The number of furan rings is 2. The van der Waals surface area contributed by atoms with Crippen molar-refractivity contribution in [2.45, 2.75) is 17.8 Å². The Morgan fingerprint density at radius 1 is 1.21 bits per heavy atom. The fourth-order valence-electron chi connectivity index (χ4n) is 3.13. The molecule has 1 saturated heterocycles. The minimum absolute atomic E-state index is 0.186. The van der Waals surface area contributed by atoms with Crippen molar-refractivity contribution < 1.29 is 18.4 Å². The number of nitrogens with one attached hydrogen (secondary N) is 1. The summed E-state index contributed by atoms with van der Waals surface area (Å²) in [7, 11) is 0. The van der Waals surface area contributed by atoms with E-state index in [2.05, 4.69) is 10.3 Å². The van der Waals surface area contributed by atoms with Crippen LogP contribution >= 0.6 is 11.8 Å². The summed E-state index contributed by atoms with van der Waals surface area (Å²) in [5, 5.41) is 2.63. The van der Waals surface area contributed by atoms with Crippen LogP contribution in [0, 0.1) is 0 Å². The Labute approximate surface area is 166 Å². The van der Waals surface area contributed by atoms with Crippen LogP contribution in [-0.4, -0.2) is 40.0 Å². The van der Waals surface area contributed by atoms with Crippen LogP contribution in [0.25, 0.3) is 0 Å². The summed E-state index contributed by atoms with van der Waals surface area (Å²) in [6.45, 7) is 0.455. The number of carbonyl (C=O) groups is 2. The number of nitrogens with zero attached hydrogens (tertiary/aromatic N) is 2. The van der Waals surface area contributed by atoms with E-state index in [9.17, 15) is 9.59 Å². The van der Waals surface area contributed by atoms with E-state index in [1.54, 1.807) is 41.8 Å². The number of amides is 2. The predicted molar refractivity (Wildman–Crippen MR) is 104 cm³/mol. The molecule has 1 aliphatic heterocycles. The first-order valence-electron chi connectivity index (χ1n) is 8.91. The van der Waals surface area contributed by atoms with Gasteiger partial charge in [-0.3, -0.25) is 14.6 Å². The zero-order valence-corrected chi connectivity index (χ0v) is 15.8. The number of pyridine rings is 1. The van der Waals surface area contributed by atoms with Crippen molar-refractivity contribution in [3.05, 3.63) is 78.4 Å². The predicted octanol–water partition coefficient (Wildman–Crippen LogP) is 2.88. The lowest BCUT2D eigenvalue weighted by Crippen LogP contribution is -2.48. The second-order valence-corrected chi connectivity index (χ2v) is 7.42. The zero-order chi connectivity index (χ0) is 19.3. The number of hydrogen-bond acceptors (Lipinski definition) is 6. The van der Waals surface area contributed by atoms with E-state index < -0.39 is 6.04 Å². The Kier molecular flexibility index (Phi) is 5.48. The first-order chi connectivity index (χ1) is 13.7. The Morgan fingerprint density at radius 2 is 2.14 bits per heavy atom. The molecule has 0 saturated carbocycles. The summed E-state index contributed by atoms with van der Waals surface area (Å²) in [5.74, 6) is 0.209. The molecule has 1 N–H and O–H groups in total. The van der Waals surface area contributed by atoms with Gasteiger partial charge in [-0.05, 0) is 30.3 Å². The summed E-state index contributed by atoms with van der Waals surface area (Å²) in [6.07, 6.45) is 6.96. The maximum atomic E-state index is 13.0. The van der Waals surface area contributed by atoms with Crippen molar-refractivity contribution in [3.63, 3.8) is 0 Å². The Morgan fingerprint density at radius 3 is 2.86 bits per heavy atom. The SMILES string of the molecule is O=C(NCCc1ccccn1)C1CSC(c2ccoc2)N1C(=O)c1ccco1. The molecule has 4 heterocycles. The van der Waals surface area contributed by atoms with Gasteiger partial charge in [0.15, 0.2) is 5.76 Å². The summed E-state index contributed by atoms with van der Waals surface area (Å²) in [5.41, 5.74) is 1.75. The highest BCUT2D eigenvalue weighted by Crippen LogP contribution is 2.42. The van der Waals surface area contributed by atoms with E-state index in [1.165, 1.54) is 18.0 Å². The normalized spacial score (nSPS) is 18.9. The average molecular weight is 397 g/mol. The zero-order valence-electron chi connectivity index (χ0n) is 15.0. The van der Waals surface area contributed by atoms with Crippen molar-refractivity contribution in [1.29, 1.82) is 0 Å². The monoisotopic (exact) mass is 397 g/mol. The van der Waals surface area contributed by atoms with Crippen LogP contribution in [0.1, 0.15) is 27.2 Å². The molecule has 2 amide bonds. The molecule has 2 unspecified atom stereocenters. The van der Waals surface area contributed by atoms with E-state index in [4.69, 9.17) is 8.83 Å². The topological polar surface area (TPSA) is 88.6 Å². The highest BCUT2D eigenvalue weighted by atomic mass is 32.2. The molecule has 3 aromatic rings. The van der Waals surface area contributed by atoms with E-state index in [0.29, 0.717) is 18.7 Å². The van der Waals surface area contributed by atoms with Crippen LogP contribution in [-0.2, 0) is 11.2 Å². The Hall–Kier alpha value is -3.00. The summed E-state index contributed by atoms with van der Waals surface area (Å²) in [6, 6.07) is 10.2. The van der Waals surface area contributed by atoms with Crippen molar-refractivity contribution in [1.82, 2.24) is 15.2 Å². The van der Waals surface area contributed by atoms with E-state index in [-0.39, 0.29) is 22.9 Å². The van der Waals surface area contributed by atoms with Gasteiger partial charge in [0.1, 0.15) is 11.4 Å². The molecule has 2 atom stereocenters. The summed E-state index contributed by atoms with van der Waals surface area (Å²) >= 11 is 1.53. The molecule has 28 heavy (non-hydrogen) atoms. The molecule has 0 bridgehead atoms. The van der Waals surface area contributed by atoms with Crippen LogP contribution in [0.15, 0.2) is 70.2 Å². The lowest BCUT2D eigenvalue weighted by molar-refractivity contribution is -0.124. The Bertz CT molecular complexity index is 912. The molecular formula is C20H19N3O4S. The van der Waals surface area contributed by atoms with Gasteiger partial charge in [-0.1, -0.05) is 6.07 Å². The third-order valence-corrected chi connectivity index (χ3v) is 5.83. The minimum Gasteiger partial charge on any atom is -0.472 e. The molecule has 1 fully saturated rings. The lowest BCUT2D eigenvalue weighted by atomic mass is 10.2. The van der Waals surface area contributed by atoms with Gasteiger partial charge < -0.3 is 19.1 Å². The molecule has 1 aliphatic rings. The minimum atomic E-state index is -0.591. The number of hydrogen-bond donors (Lipinski definition) is 1. The van der Waals surface area contributed by atoms with Gasteiger partial charge in [0, 0.05) is 36.2 Å². The quantitative estimate of drug-likeness (QED) is 0.688. The number of rotatable bonds is 6. The van der Waals surface area contributed by atoms with E-state index >= 15 is 0 Å². The third-order valence-electron chi connectivity index (χ3n) is 4.50. The smallest absolute Gasteiger partial charge is 0.291 e. The first kappa shape index (κ1) is 18.4. The van der Waals surface area contributed by atoms with Gasteiger partial charge in [-0.2, -0.15) is 0 Å². The number of thioether (sulfide) groups is 1. The second-order valence-electron chi connectivity index (χ2n) is 6.31. The fraction of sp³-hybridized carbons (Fsp3) is 0.250. The highest BCUT2D eigenvalue weighted by Gasteiger charge is 2.43. The van der Waals surface area contributed by atoms with Gasteiger partial charge in [-0.25, -0.2) is 0 Å². The van der Waals surface area contributed by atoms with Crippen LogP contribution in [0.5, 0.6) is 0 Å². The fourth-order valence-corrected chi connectivity index (χ4v) is 4.54. The van der Waals surface area contributed by atoms with E-state index in [0.717, 1.165) is 11.3 Å². The standard InChI is InChI=1S/C20H19N3O4S/c24-18(22-9-6-15-4-1-2-8-21-15)16-13-28-20(14-7-11-26-12-14)23(16)19(25)17-5-3-10-27-17/h1-5,7-8,10-12,16,20H,6,9,13H2,(H,22,24). The van der Waals surface area contributed by atoms with Crippen LogP contribution in [0.2, 0.25) is 0 Å². The van der Waals surface area contributed by atoms with E-state index in [1.807, 2.05) is 18.2 Å². The Balaban J connectivity index is 1.48. The highest BCUT2D eigenvalue weighted by molar-refractivity contribution is 7.99. The molecular weight excluding hydrogens is 378 g/mol. The third kappa shape index (κ3) is 3.82. The molecule has 144 valence electrons. The van der Waals surface area contributed by atoms with Gasteiger partial charge in [0.25, 0.3) is 5.91 Å². The summed E-state index contributed by atoms with van der Waals surface area (Å²) < 4.78 is 10.4. The lowest BCUT2D eigenvalue weighted by Gasteiger charge is -2.27. The van der Waals surface area contributed by atoms with Crippen molar-refractivity contribution in [2.24, 2.45) is 0 Å². The molecule has 7 nitrogen and oxygen atoms in total. The van der Waals surface area contributed by atoms with Gasteiger partial charge >= 0.3 is 0 Å². The van der Waals surface area contributed by atoms with Crippen LogP contribution < -0.4 is 5.32 Å². The molecule has 0 aromatic carbocycles. The molecule has 3 aromatic heterocycles. The second kappa shape index (κ2) is 8.35. The molecule has 0 spiro atoms. The summed E-state index contributed by atoms with van der Waals surface area (Å²) in [4.78, 5) is 31.7. The number of carbonyl (C=O) groups excluding carboxylic acids is 2. The maximum absolute atomic E-state index is 13.0. The first-order valence-corrected chi connectivity index (χ1v) is 9.96. The van der Waals surface area contributed by atoms with Gasteiger partial charge in [0.05, 0.1) is 18.8 Å².